The van der Waals surface area contributed by atoms with E-state index in [0.717, 1.165) is 77.3 Å². The van der Waals surface area contributed by atoms with E-state index in [1.54, 1.807) is 203 Å². The average Bonchev–Trinajstić information content (AvgIpc) is 1.28. The topological polar surface area (TPSA) is 390 Å². The number of rotatable bonds is 31. The molecule has 0 N–H and O–H groups in total. The van der Waals surface area contributed by atoms with Crippen molar-refractivity contribution in [2.45, 2.75) is 143 Å². The van der Waals surface area contributed by atoms with Gasteiger partial charge in [0.1, 0.15) is 109 Å². The number of nitrogens with zero attached hydrogens (tertiary/aromatic N) is 18. The summed E-state index contributed by atoms with van der Waals surface area (Å²) in [6, 6.07) is 47.8. The second-order valence-corrected chi connectivity index (χ2v) is 32.9. The Morgan fingerprint density at radius 1 is 0.312 bits per heavy atom. The Morgan fingerprint density at radius 2 is 0.659 bits per heavy atom. The lowest BCUT2D eigenvalue weighted by Crippen LogP contribution is -2.13. The monoisotopic (exact) mass is 1870 g/mol. The van der Waals surface area contributed by atoms with Gasteiger partial charge in [-0.15, -0.1) is 0 Å². The summed E-state index contributed by atoms with van der Waals surface area (Å²) in [6.45, 7) is 7.49. The third-order valence-electron chi connectivity index (χ3n) is 21.1. The molecule has 0 bridgehead atoms. The normalized spacial score (nSPS) is 12.1. The summed E-state index contributed by atoms with van der Waals surface area (Å²) >= 11 is 0.870. The molecule has 2 aliphatic rings. The fourth-order valence-corrected chi connectivity index (χ4v) is 15.0. The van der Waals surface area contributed by atoms with Gasteiger partial charge in [0.25, 0.3) is 0 Å². The molecule has 18 rings (SSSR count). The highest BCUT2D eigenvalue weighted by Gasteiger charge is 2.23. The molecule has 0 aliphatic heterocycles. The largest absolute Gasteiger partial charge is 0.456 e. The van der Waals surface area contributed by atoms with E-state index in [1.807, 2.05) is 80.6 Å². The van der Waals surface area contributed by atoms with Crippen LogP contribution in [-0.4, -0.2) is 124 Å². The number of thiazole rings is 1. The van der Waals surface area contributed by atoms with Crippen LogP contribution in [0.25, 0.3) is 0 Å². The summed E-state index contributed by atoms with van der Waals surface area (Å²) in [7, 11) is 0. The van der Waals surface area contributed by atoms with Gasteiger partial charge in [-0.3, -0.25) is 93.6 Å². The second kappa shape index (κ2) is 52.8. The first-order valence-corrected chi connectivity index (χ1v) is 45.7. The van der Waals surface area contributed by atoms with Crippen molar-refractivity contribution in [2.75, 3.05) is 0 Å². The van der Waals surface area contributed by atoms with Crippen LogP contribution in [0.5, 0.6) is 69.0 Å². The highest BCUT2D eigenvalue weighted by Crippen LogP contribution is 2.33. The van der Waals surface area contributed by atoms with E-state index in [-0.39, 0.29) is 71.2 Å². The van der Waals surface area contributed by atoms with Crippen molar-refractivity contribution in [1.82, 2.24) is 89.7 Å². The second-order valence-electron chi connectivity index (χ2n) is 31.9. The van der Waals surface area contributed by atoms with Crippen molar-refractivity contribution in [3.8, 4) is 69.0 Å². The van der Waals surface area contributed by atoms with E-state index in [2.05, 4.69) is 96.6 Å². The van der Waals surface area contributed by atoms with E-state index in [0.29, 0.717) is 133 Å². The number of ether oxygens (including phenoxy) is 6. The quantitative estimate of drug-likeness (QED) is 0.0288. The van der Waals surface area contributed by atoms with Gasteiger partial charge in [-0.1, -0.05) is 101 Å². The first-order chi connectivity index (χ1) is 67.4. The molecule has 16 aromatic rings. The number of hydrogen-bond acceptors (Lipinski definition) is 31. The maximum absolute atomic E-state index is 13.3. The lowest BCUT2D eigenvalue weighted by atomic mass is 9.85. The molecule has 2 saturated carbocycles. The number of Topliss-reactive ketones (excluding diaryl/α,β-unsaturated/α-hetero) is 6. The molecule has 138 heavy (non-hydrogen) atoms. The zero-order chi connectivity index (χ0) is 96.3. The van der Waals surface area contributed by atoms with E-state index >= 15 is 0 Å². The van der Waals surface area contributed by atoms with Gasteiger partial charge in [0.2, 0.25) is 0 Å². The van der Waals surface area contributed by atoms with Crippen LogP contribution >= 0.6 is 11.3 Å². The van der Waals surface area contributed by atoms with Crippen LogP contribution in [0.15, 0.2) is 300 Å². The minimum absolute atomic E-state index is 0.000325. The Kier molecular flexibility index (Phi) is 37.9. The fourth-order valence-electron chi connectivity index (χ4n) is 14.2. The number of aromatic nitrogens is 18. The van der Waals surface area contributed by atoms with E-state index in [4.69, 9.17) is 28.4 Å². The molecule has 16 aromatic heterocycles. The molecule has 0 unspecified atom stereocenters. The lowest BCUT2D eigenvalue weighted by molar-refractivity contribution is 0.0939. The van der Waals surface area contributed by atoms with Crippen molar-refractivity contribution in [1.29, 1.82) is 0 Å². The summed E-state index contributed by atoms with van der Waals surface area (Å²) in [4.78, 5) is 147. The maximum atomic E-state index is 13.3. The molecule has 30 nitrogen and oxygen atoms in total. The molecule has 0 spiro atoms. The van der Waals surface area contributed by atoms with Crippen LogP contribution in [0.1, 0.15) is 198 Å². The van der Waals surface area contributed by atoms with Gasteiger partial charge in [-0.2, -0.15) is 4.39 Å². The molecule has 32 heteroatoms. The first-order valence-electron chi connectivity index (χ1n) is 44.9. The fraction of sp³-hybridized carbons (Fsp3) is 0.226. The summed E-state index contributed by atoms with van der Waals surface area (Å²) in [5.41, 5.74) is 7.86. The molecule has 698 valence electrons. The predicted octanol–water partition coefficient (Wildman–Crippen LogP) is 22.1. The predicted molar refractivity (Wildman–Crippen MR) is 513 cm³/mol. The zero-order valence-electron chi connectivity index (χ0n) is 76.4. The number of halogens is 1. The van der Waals surface area contributed by atoms with Crippen LogP contribution < -0.4 is 28.4 Å². The summed E-state index contributed by atoms with van der Waals surface area (Å²) in [5, 5.41) is 0.0523. The third kappa shape index (κ3) is 33.3. The molecule has 0 radical (unpaired) electrons. The number of carbonyl (C=O) groups excluding carboxylic acids is 6. The molecule has 16 heterocycles. The van der Waals surface area contributed by atoms with Crippen LogP contribution in [0.4, 0.5) is 4.39 Å². The lowest BCUT2D eigenvalue weighted by Gasteiger charge is -2.20. The Balaban J connectivity index is 0.000000140. The minimum atomic E-state index is -0.373. The summed E-state index contributed by atoms with van der Waals surface area (Å²) in [5.74, 6) is 7.48. The average molecular weight is 1870 g/mol. The molecule has 2 fully saturated rings. The first kappa shape index (κ1) is 99.0. The van der Waals surface area contributed by atoms with Crippen LogP contribution in [0, 0.1) is 37.7 Å². The van der Waals surface area contributed by atoms with Gasteiger partial charge in [0, 0.05) is 146 Å². The van der Waals surface area contributed by atoms with Gasteiger partial charge in [0.05, 0.1) is 81.0 Å². The van der Waals surface area contributed by atoms with Gasteiger partial charge in [-0.25, -0.2) is 24.9 Å². The number of hydrogen-bond donors (Lipinski definition) is 0. The van der Waals surface area contributed by atoms with Crippen molar-refractivity contribution in [3.63, 3.8) is 0 Å². The Labute approximate surface area is 801 Å². The standard InChI is InChI=1S/C19H22N2O2.C18H16N4O2.2C18H15N3O2.C18H20N2O2.C15H11FN4O2S/c22-19(12-15-6-3-1-2-4-7-15)18-13-16(9-11-21-18)23-17-8-5-10-20-14-17;1-2-13-3-5-21-14(7-13)8-18(23)17-9-15(4-6-22-17)24-16-10-19-12-20-11-16;1-13-4-2-5-14(21-13)10-18(22)17-11-15(7-9-20-17)23-16-6-3-8-19-12-16;1-13-4-5-14(21-11-13)9-18(22)17-10-15(6-8-20-17)23-16-3-2-7-19-12-16;21-18(11-14-5-2-1-3-6-14)17-12-15(8-10-20-17)22-16-7-4-9-19-13-16;1-9-15(16)23-14(20-9)5-13(21)12-4-10(2-3-19-12)22-11-6-17-8-18-7-11/h5,8-11,13-15H,1-4,6-7,12H2;3-7,9-12H,2,8H2,1H3;2-9,11-12H,10H2,1H3;2-8,10-12H,9H2,1H3;4,7-10,12-14H,1-3,5-6,11H2;2-4,6-8H,5H2,1H3. The van der Waals surface area contributed by atoms with Gasteiger partial charge in [-0.05, 0) is 165 Å². The number of ketones is 6. The number of aryl methyl sites for hydroxylation is 4. The SMILES string of the molecule is CCc1ccnc(CC(=O)c2cc(Oc3cncnc3)ccn2)c1.Cc1ccc(CC(=O)c2cc(Oc3cccnc3)ccn2)nc1.Cc1cccc(CC(=O)c2cc(Oc3cccnc3)ccn2)n1.Cc1nc(CC(=O)c2cc(Oc3cncnc3)ccn2)sc1F.O=C(CC1CCCCC1)c1cc(Oc2cccnc2)ccn1.O=C(CC1CCCCCC1)c1cc(Oc2cccnc2)ccn1. The van der Waals surface area contributed by atoms with Crippen molar-refractivity contribution in [2.24, 2.45) is 11.8 Å². The van der Waals surface area contributed by atoms with E-state index < -0.39 is 0 Å². The van der Waals surface area contributed by atoms with Gasteiger partial charge < -0.3 is 28.4 Å². The molecule has 0 atom stereocenters. The van der Waals surface area contributed by atoms with Crippen molar-refractivity contribution < 1.29 is 61.6 Å². The third-order valence-corrected chi connectivity index (χ3v) is 22.1. The van der Waals surface area contributed by atoms with E-state index in [1.165, 1.54) is 82.3 Å². The highest BCUT2D eigenvalue weighted by atomic mass is 32.1. The Bertz CT molecular complexity index is 6580. The Morgan fingerprint density at radius 3 is 1.01 bits per heavy atom. The maximum Gasteiger partial charge on any atom is 0.199 e. The van der Waals surface area contributed by atoms with Crippen molar-refractivity contribution >= 4 is 46.0 Å². The molecule has 2 aliphatic carbocycles. The zero-order valence-corrected chi connectivity index (χ0v) is 77.2. The summed E-state index contributed by atoms with van der Waals surface area (Å²) < 4.78 is 47.2. The van der Waals surface area contributed by atoms with Crippen molar-refractivity contribution in [3.05, 3.63) is 384 Å². The number of carbonyl (C=O) groups is 6. The molecule has 0 aromatic carbocycles. The van der Waals surface area contributed by atoms with Crippen LogP contribution in [0.2, 0.25) is 0 Å². The van der Waals surface area contributed by atoms with Gasteiger partial charge >= 0.3 is 0 Å². The highest BCUT2D eigenvalue weighted by molar-refractivity contribution is 7.10. The van der Waals surface area contributed by atoms with Gasteiger partial charge in [0.15, 0.2) is 51.3 Å². The van der Waals surface area contributed by atoms with Crippen LogP contribution in [0.3, 0.4) is 0 Å². The molecular weight excluding hydrogens is 1770 g/mol. The van der Waals surface area contributed by atoms with Crippen LogP contribution in [-0.2, 0) is 32.1 Å². The number of pyridine rings is 13. The minimum Gasteiger partial charge on any atom is -0.456 e. The summed E-state index contributed by atoms with van der Waals surface area (Å²) in [6.07, 6.45) is 51.3. The van der Waals surface area contributed by atoms with E-state index in [9.17, 15) is 33.2 Å². The molecular formula is C106H99FN18O12S. The molecule has 0 saturated heterocycles. The Hall–Kier alpha value is -16.5. The molecule has 0 amide bonds. The smallest absolute Gasteiger partial charge is 0.199 e.